The summed E-state index contributed by atoms with van der Waals surface area (Å²) in [5, 5.41) is 0.730. The van der Waals surface area contributed by atoms with E-state index >= 15 is 0 Å². The second-order valence-electron chi connectivity index (χ2n) is 4.23. The summed E-state index contributed by atoms with van der Waals surface area (Å²) >= 11 is 6.07. The van der Waals surface area contributed by atoms with Crippen LogP contribution in [-0.4, -0.2) is 13.7 Å². The third-order valence-electron chi connectivity index (χ3n) is 2.64. The lowest BCUT2D eigenvalue weighted by atomic mass is 9.93. The molecule has 0 saturated carbocycles. The number of ether oxygens (including phenoxy) is 1. The highest BCUT2D eigenvalue weighted by molar-refractivity contribution is 6.30. The zero-order valence-corrected chi connectivity index (χ0v) is 11.0. The van der Waals surface area contributed by atoms with Gasteiger partial charge in [0.1, 0.15) is 5.75 Å². The van der Waals surface area contributed by atoms with Gasteiger partial charge in [-0.05, 0) is 48.6 Å². The Balaban J connectivity index is 3.15. The zero-order valence-electron chi connectivity index (χ0n) is 10.2. The number of rotatable bonds is 5. The highest BCUT2D eigenvalue weighted by Gasteiger charge is 2.13. The van der Waals surface area contributed by atoms with Crippen molar-refractivity contribution in [3.8, 4) is 5.75 Å². The van der Waals surface area contributed by atoms with E-state index in [4.69, 9.17) is 22.1 Å². The topological polar surface area (TPSA) is 35.2 Å². The Morgan fingerprint density at radius 3 is 2.56 bits per heavy atom. The number of aryl methyl sites for hydroxylation is 1. The Bertz CT molecular complexity index is 350. The molecule has 0 aliphatic carbocycles. The molecule has 0 spiro atoms. The van der Waals surface area contributed by atoms with Crippen molar-refractivity contribution < 1.29 is 4.74 Å². The number of nitrogens with two attached hydrogens (primary N) is 1. The molecular weight excluding hydrogens is 222 g/mol. The monoisotopic (exact) mass is 241 g/mol. The third-order valence-corrected chi connectivity index (χ3v) is 2.86. The smallest absolute Gasteiger partial charge is 0.124 e. The van der Waals surface area contributed by atoms with E-state index < -0.39 is 0 Å². The summed E-state index contributed by atoms with van der Waals surface area (Å²) in [5.74, 6) is 1.31. The molecule has 0 fully saturated rings. The fraction of sp³-hybridized carbons (Fsp3) is 0.538. The minimum atomic E-state index is 0.431. The molecule has 0 bridgehead atoms. The van der Waals surface area contributed by atoms with E-state index in [1.54, 1.807) is 7.11 Å². The SMILES string of the molecule is COc1cc(Cl)cc(CCCN)c1C(C)C. The molecule has 0 atom stereocenters. The zero-order chi connectivity index (χ0) is 12.1. The van der Waals surface area contributed by atoms with Gasteiger partial charge in [0.2, 0.25) is 0 Å². The fourth-order valence-corrected chi connectivity index (χ4v) is 2.20. The molecule has 1 aromatic rings. The molecule has 16 heavy (non-hydrogen) atoms. The van der Waals surface area contributed by atoms with E-state index in [1.807, 2.05) is 12.1 Å². The van der Waals surface area contributed by atoms with Gasteiger partial charge in [-0.2, -0.15) is 0 Å². The minimum absolute atomic E-state index is 0.431. The number of benzene rings is 1. The molecule has 0 aromatic heterocycles. The second kappa shape index (κ2) is 6.12. The van der Waals surface area contributed by atoms with Crippen molar-refractivity contribution in [1.29, 1.82) is 0 Å². The van der Waals surface area contributed by atoms with Crippen LogP contribution in [0.15, 0.2) is 12.1 Å². The summed E-state index contributed by atoms with van der Waals surface area (Å²) < 4.78 is 5.39. The predicted molar refractivity (Wildman–Crippen MR) is 69.5 cm³/mol. The fourth-order valence-electron chi connectivity index (χ4n) is 1.97. The summed E-state index contributed by atoms with van der Waals surface area (Å²) in [6.45, 7) is 5.03. The summed E-state index contributed by atoms with van der Waals surface area (Å²) in [6, 6.07) is 3.90. The third kappa shape index (κ3) is 3.13. The number of hydrogen-bond acceptors (Lipinski definition) is 2. The highest BCUT2D eigenvalue weighted by atomic mass is 35.5. The Labute approximate surface area is 103 Å². The van der Waals surface area contributed by atoms with Gasteiger partial charge in [0, 0.05) is 5.02 Å². The van der Waals surface area contributed by atoms with Crippen LogP contribution in [-0.2, 0) is 6.42 Å². The molecule has 0 amide bonds. The van der Waals surface area contributed by atoms with Crippen LogP contribution >= 0.6 is 11.6 Å². The molecule has 0 heterocycles. The molecule has 2 N–H and O–H groups in total. The number of hydrogen-bond donors (Lipinski definition) is 1. The van der Waals surface area contributed by atoms with E-state index in [1.165, 1.54) is 11.1 Å². The maximum atomic E-state index is 6.07. The Morgan fingerprint density at radius 1 is 1.38 bits per heavy atom. The summed E-state index contributed by atoms with van der Waals surface area (Å²) in [7, 11) is 1.68. The first-order valence-corrected chi connectivity index (χ1v) is 6.04. The molecule has 0 radical (unpaired) electrons. The molecule has 0 saturated heterocycles. The molecule has 0 aliphatic heterocycles. The summed E-state index contributed by atoms with van der Waals surface area (Å²) in [6.07, 6.45) is 1.93. The van der Waals surface area contributed by atoms with Gasteiger partial charge < -0.3 is 10.5 Å². The number of methoxy groups -OCH3 is 1. The van der Waals surface area contributed by atoms with E-state index in [9.17, 15) is 0 Å². The predicted octanol–water partition coefficient (Wildman–Crippen LogP) is 3.36. The lowest BCUT2D eigenvalue weighted by molar-refractivity contribution is 0.406. The standard InChI is InChI=1S/C13H20ClNO/c1-9(2)13-10(5-4-6-15)7-11(14)8-12(13)16-3/h7-9H,4-6,15H2,1-3H3. The van der Waals surface area contributed by atoms with Crippen molar-refractivity contribution in [2.45, 2.75) is 32.6 Å². The van der Waals surface area contributed by atoms with Gasteiger partial charge in [-0.25, -0.2) is 0 Å². The van der Waals surface area contributed by atoms with Crippen LogP contribution in [0.5, 0.6) is 5.75 Å². The van der Waals surface area contributed by atoms with Crippen LogP contribution in [0.1, 0.15) is 37.3 Å². The summed E-state index contributed by atoms with van der Waals surface area (Å²) in [5.41, 5.74) is 8.05. The highest BCUT2D eigenvalue weighted by Crippen LogP contribution is 2.33. The Hall–Kier alpha value is -0.730. The van der Waals surface area contributed by atoms with Crippen molar-refractivity contribution in [3.63, 3.8) is 0 Å². The summed E-state index contributed by atoms with van der Waals surface area (Å²) in [4.78, 5) is 0. The van der Waals surface area contributed by atoms with Crippen LogP contribution in [0, 0.1) is 0 Å². The van der Waals surface area contributed by atoms with Gasteiger partial charge in [-0.1, -0.05) is 25.4 Å². The van der Waals surface area contributed by atoms with Crippen molar-refractivity contribution in [2.75, 3.05) is 13.7 Å². The van der Waals surface area contributed by atoms with E-state index in [0.29, 0.717) is 12.5 Å². The molecular formula is C13H20ClNO. The van der Waals surface area contributed by atoms with Crippen LogP contribution in [0.25, 0.3) is 0 Å². The quantitative estimate of drug-likeness (QED) is 0.858. The van der Waals surface area contributed by atoms with Gasteiger partial charge in [0.15, 0.2) is 0 Å². The molecule has 3 heteroatoms. The van der Waals surface area contributed by atoms with Crippen molar-refractivity contribution >= 4 is 11.6 Å². The van der Waals surface area contributed by atoms with E-state index in [0.717, 1.165) is 23.6 Å². The van der Waals surface area contributed by atoms with E-state index in [-0.39, 0.29) is 0 Å². The molecule has 2 nitrogen and oxygen atoms in total. The van der Waals surface area contributed by atoms with Crippen LogP contribution in [0.3, 0.4) is 0 Å². The van der Waals surface area contributed by atoms with Crippen LogP contribution in [0.4, 0.5) is 0 Å². The van der Waals surface area contributed by atoms with Crippen LogP contribution in [0.2, 0.25) is 5.02 Å². The average Bonchev–Trinajstić information content (AvgIpc) is 2.24. The van der Waals surface area contributed by atoms with Gasteiger partial charge in [-0.15, -0.1) is 0 Å². The molecule has 1 aromatic carbocycles. The lowest BCUT2D eigenvalue weighted by Gasteiger charge is -2.17. The van der Waals surface area contributed by atoms with Crippen molar-refractivity contribution in [3.05, 3.63) is 28.3 Å². The van der Waals surface area contributed by atoms with Crippen molar-refractivity contribution in [1.82, 2.24) is 0 Å². The van der Waals surface area contributed by atoms with Gasteiger partial charge in [0.25, 0.3) is 0 Å². The molecule has 0 unspecified atom stereocenters. The second-order valence-corrected chi connectivity index (χ2v) is 4.66. The maximum absolute atomic E-state index is 6.07. The van der Waals surface area contributed by atoms with Gasteiger partial charge >= 0.3 is 0 Å². The first-order valence-electron chi connectivity index (χ1n) is 5.66. The Morgan fingerprint density at radius 2 is 2.06 bits per heavy atom. The lowest BCUT2D eigenvalue weighted by Crippen LogP contribution is -2.05. The molecule has 1 rings (SSSR count). The normalized spacial score (nSPS) is 10.9. The van der Waals surface area contributed by atoms with E-state index in [2.05, 4.69) is 13.8 Å². The Kier molecular flexibility index (Phi) is 5.10. The first kappa shape index (κ1) is 13.3. The van der Waals surface area contributed by atoms with Crippen molar-refractivity contribution in [2.24, 2.45) is 5.73 Å². The van der Waals surface area contributed by atoms with Crippen LogP contribution < -0.4 is 10.5 Å². The largest absolute Gasteiger partial charge is 0.496 e. The maximum Gasteiger partial charge on any atom is 0.124 e. The average molecular weight is 242 g/mol. The number of halogens is 1. The minimum Gasteiger partial charge on any atom is -0.496 e. The molecule has 90 valence electrons. The first-order chi connectivity index (χ1) is 7.60. The van der Waals surface area contributed by atoms with Gasteiger partial charge in [0.05, 0.1) is 7.11 Å². The molecule has 0 aliphatic rings. The van der Waals surface area contributed by atoms with Gasteiger partial charge in [-0.3, -0.25) is 0 Å².